The molecule has 1 heterocycles. The zero-order valence-electron chi connectivity index (χ0n) is 23.2. The Kier molecular flexibility index (Phi) is 9.01. The standard InChI is InChI=1S/C33H32N4O4/c1-3-4-18-37-32(34-35-36-37)29-20-28(26-16-11-17-27(19-26)33(38)39-2)30(40-22-24-12-7-5-8-13-24)21-31(29)41-23-25-14-9-6-10-15-25/h5-17,19-21H,3-4,18,22-23H2,1-2H3. The first-order valence-corrected chi connectivity index (χ1v) is 13.6. The van der Waals surface area contributed by atoms with Crippen molar-refractivity contribution in [2.45, 2.75) is 39.5 Å². The van der Waals surface area contributed by atoms with Crippen molar-refractivity contribution in [3.05, 3.63) is 114 Å². The summed E-state index contributed by atoms with van der Waals surface area (Å²) >= 11 is 0. The SMILES string of the molecule is CCCCn1nnnc1-c1cc(-c2cccc(C(=O)OC)c2)c(OCc2ccccc2)cc1OCc1ccccc1. The Morgan fingerprint density at radius 3 is 2.07 bits per heavy atom. The Morgan fingerprint density at radius 2 is 1.44 bits per heavy atom. The second-order valence-electron chi connectivity index (χ2n) is 9.54. The van der Waals surface area contributed by atoms with Crippen molar-refractivity contribution in [3.63, 3.8) is 0 Å². The van der Waals surface area contributed by atoms with Gasteiger partial charge in [-0.3, -0.25) is 0 Å². The van der Waals surface area contributed by atoms with Crippen molar-refractivity contribution in [2.75, 3.05) is 7.11 Å². The fraction of sp³-hybridized carbons (Fsp3) is 0.212. The highest BCUT2D eigenvalue weighted by atomic mass is 16.5. The maximum atomic E-state index is 12.4. The minimum Gasteiger partial charge on any atom is -0.488 e. The zero-order chi connectivity index (χ0) is 28.4. The molecule has 0 fully saturated rings. The second-order valence-corrected chi connectivity index (χ2v) is 9.54. The Hall–Kier alpha value is -4.98. The van der Waals surface area contributed by atoms with Gasteiger partial charge in [0, 0.05) is 18.2 Å². The van der Waals surface area contributed by atoms with Gasteiger partial charge in [-0.2, -0.15) is 0 Å². The number of ether oxygens (including phenoxy) is 3. The Balaban J connectivity index is 1.63. The fourth-order valence-electron chi connectivity index (χ4n) is 4.46. The molecule has 0 amide bonds. The molecule has 0 saturated heterocycles. The molecule has 0 spiro atoms. The molecule has 1 aromatic heterocycles. The van der Waals surface area contributed by atoms with Gasteiger partial charge >= 0.3 is 5.97 Å². The molecule has 5 rings (SSSR count). The molecular formula is C33H32N4O4. The van der Waals surface area contributed by atoms with E-state index in [1.54, 1.807) is 16.8 Å². The minimum atomic E-state index is -0.412. The van der Waals surface area contributed by atoms with E-state index in [9.17, 15) is 4.79 Å². The lowest BCUT2D eigenvalue weighted by molar-refractivity contribution is 0.0600. The molecule has 0 aliphatic heterocycles. The van der Waals surface area contributed by atoms with Gasteiger partial charge in [0.2, 0.25) is 0 Å². The minimum absolute atomic E-state index is 0.357. The molecule has 0 aliphatic rings. The number of tetrazole rings is 1. The van der Waals surface area contributed by atoms with Crippen molar-refractivity contribution in [3.8, 4) is 34.0 Å². The van der Waals surface area contributed by atoms with Gasteiger partial charge in [0.25, 0.3) is 0 Å². The number of aromatic nitrogens is 4. The number of nitrogens with zero attached hydrogens (tertiary/aromatic N) is 4. The van der Waals surface area contributed by atoms with Gasteiger partial charge < -0.3 is 14.2 Å². The third kappa shape index (κ3) is 6.78. The summed E-state index contributed by atoms with van der Waals surface area (Å²) < 4.78 is 19.6. The molecule has 0 saturated carbocycles. The average Bonchev–Trinajstić information content (AvgIpc) is 3.50. The normalized spacial score (nSPS) is 10.8. The monoisotopic (exact) mass is 548 g/mol. The molecular weight excluding hydrogens is 516 g/mol. The number of hydrogen-bond acceptors (Lipinski definition) is 7. The lowest BCUT2D eigenvalue weighted by Gasteiger charge is -2.18. The summed E-state index contributed by atoms with van der Waals surface area (Å²) in [6.45, 7) is 3.52. The molecule has 8 heteroatoms. The lowest BCUT2D eigenvalue weighted by atomic mass is 9.98. The van der Waals surface area contributed by atoms with Crippen LogP contribution in [0.3, 0.4) is 0 Å². The van der Waals surface area contributed by atoms with Crippen molar-refractivity contribution in [1.29, 1.82) is 0 Å². The highest BCUT2D eigenvalue weighted by Gasteiger charge is 2.21. The highest BCUT2D eigenvalue weighted by Crippen LogP contribution is 2.41. The summed E-state index contributed by atoms with van der Waals surface area (Å²) in [5.41, 5.74) is 4.80. The number of methoxy groups -OCH3 is 1. The van der Waals surface area contributed by atoms with Crippen molar-refractivity contribution >= 4 is 5.97 Å². The van der Waals surface area contributed by atoms with Crippen LogP contribution >= 0.6 is 0 Å². The smallest absolute Gasteiger partial charge is 0.337 e. The number of carbonyl (C=O) groups excluding carboxylic acids is 1. The number of rotatable bonds is 12. The highest BCUT2D eigenvalue weighted by molar-refractivity contribution is 5.91. The van der Waals surface area contributed by atoms with Crippen LogP contribution in [0.2, 0.25) is 0 Å². The molecule has 0 radical (unpaired) electrons. The summed E-state index contributed by atoms with van der Waals surface area (Å²) in [4.78, 5) is 12.4. The summed E-state index contributed by atoms with van der Waals surface area (Å²) in [6.07, 6.45) is 1.94. The van der Waals surface area contributed by atoms with Gasteiger partial charge in [0.1, 0.15) is 24.7 Å². The number of hydrogen-bond donors (Lipinski definition) is 0. The molecule has 208 valence electrons. The lowest BCUT2D eigenvalue weighted by Crippen LogP contribution is -2.06. The van der Waals surface area contributed by atoms with E-state index in [1.165, 1.54) is 7.11 Å². The average molecular weight is 549 g/mol. The van der Waals surface area contributed by atoms with Crippen LogP contribution in [0.15, 0.2) is 97.1 Å². The summed E-state index contributed by atoms with van der Waals surface area (Å²) in [5.74, 6) is 1.39. The van der Waals surface area contributed by atoms with Crippen LogP contribution in [-0.2, 0) is 24.5 Å². The number of unbranched alkanes of at least 4 members (excludes halogenated alkanes) is 1. The molecule has 4 aromatic carbocycles. The maximum absolute atomic E-state index is 12.4. The first-order chi connectivity index (χ1) is 20.2. The third-order valence-electron chi connectivity index (χ3n) is 6.65. The number of esters is 1. The third-order valence-corrected chi connectivity index (χ3v) is 6.65. The van der Waals surface area contributed by atoms with Gasteiger partial charge in [-0.25, -0.2) is 9.48 Å². The van der Waals surface area contributed by atoms with E-state index >= 15 is 0 Å². The first-order valence-electron chi connectivity index (χ1n) is 13.6. The Morgan fingerprint density at radius 1 is 0.780 bits per heavy atom. The molecule has 41 heavy (non-hydrogen) atoms. The summed E-state index contributed by atoms with van der Waals surface area (Å²) in [7, 11) is 1.37. The van der Waals surface area contributed by atoms with Crippen LogP contribution in [0.5, 0.6) is 11.5 Å². The van der Waals surface area contributed by atoms with Crippen molar-refractivity contribution < 1.29 is 19.0 Å². The van der Waals surface area contributed by atoms with Gasteiger partial charge in [0.15, 0.2) is 5.82 Å². The second kappa shape index (κ2) is 13.4. The van der Waals surface area contributed by atoms with E-state index in [2.05, 4.69) is 22.4 Å². The Labute approximate surface area is 239 Å². The van der Waals surface area contributed by atoms with Crippen LogP contribution in [0.4, 0.5) is 0 Å². The zero-order valence-corrected chi connectivity index (χ0v) is 23.2. The molecule has 0 aliphatic carbocycles. The number of aryl methyl sites for hydroxylation is 1. The molecule has 0 bridgehead atoms. The van der Waals surface area contributed by atoms with E-state index in [0.717, 1.165) is 40.7 Å². The van der Waals surface area contributed by atoms with Crippen LogP contribution in [0, 0.1) is 0 Å². The molecule has 0 atom stereocenters. The van der Waals surface area contributed by atoms with Gasteiger partial charge in [0.05, 0.1) is 18.2 Å². The maximum Gasteiger partial charge on any atom is 0.337 e. The van der Waals surface area contributed by atoms with Crippen LogP contribution in [-0.4, -0.2) is 33.3 Å². The molecule has 8 nitrogen and oxygen atoms in total. The summed E-state index contributed by atoms with van der Waals surface area (Å²) in [6, 6.07) is 31.1. The molecule has 5 aromatic rings. The van der Waals surface area contributed by atoms with Crippen LogP contribution in [0.1, 0.15) is 41.3 Å². The van der Waals surface area contributed by atoms with E-state index < -0.39 is 5.97 Å². The van der Waals surface area contributed by atoms with E-state index in [4.69, 9.17) is 14.2 Å². The van der Waals surface area contributed by atoms with Gasteiger partial charge in [-0.15, -0.1) is 5.10 Å². The predicted octanol–water partition coefficient (Wildman–Crippen LogP) is 6.75. The van der Waals surface area contributed by atoms with E-state index in [-0.39, 0.29) is 0 Å². The first kappa shape index (κ1) is 27.6. The van der Waals surface area contributed by atoms with E-state index in [1.807, 2.05) is 84.9 Å². The van der Waals surface area contributed by atoms with Crippen LogP contribution < -0.4 is 9.47 Å². The molecule has 0 unspecified atom stereocenters. The van der Waals surface area contributed by atoms with E-state index in [0.29, 0.717) is 42.6 Å². The molecule has 0 N–H and O–H groups in total. The number of benzene rings is 4. The fourth-order valence-corrected chi connectivity index (χ4v) is 4.46. The topological polar surface area (TPSA) is 88.4 Å². The van der Waals surface area contributed by atoms with Gasteiger partial charge in [-0.1, -0.05) is 86.1 Å². The quantitative estimate of drug-likeness (QED) is 0.159. The van der Waals surface area contributed by atoms with Crippen molar-refractivity contribution in [2.24, 2.45) is 0 Å². The summed E-state index contributed by atoms with van der Waals surface area (Å²) in [5, 5.41) is 12.6. The largest absolute Gasteiger partial charge is 0.488 e. The Bertz CT molecular complexity index is 1590. The van der Waals surface area contributed by atoms with Gasteiger partial charge in [-0.05, 0) is 51.7 Å². The van der Waals surface area contributed by atoms with Crippen molar-refractivity contribution in [1.82, 2.24) is 20.2 Å². The predicted molar refractivity (Wildman–Crippen MR) is 156 cm³/mol. The van der Waals surface area contributed by atoms with Crippen LogP contribution in [0.25, 0.3) is 22.5 Å². The number of carbonyl (C=O) groups is 1.